The van der Waals surface area contributed by atoms with E-state index >= 15 is 0 Å². The summed E-state index contributed by atoms with van der Waals surface area (Å²) in [5, 5.41) is 29.1. The average molecular weight is 399 g/mol. The van der Waals surface area contributed by atoms with Crippen molar-refractivity contribution in [2.45, 2.75) is 45.3 Å². The average Bonchev–Trinajstić information content (AvgIpc) is 3.38. The van der Waals surface area contributed by atoms with Gasteiger partial charge in [0.25, 0.3) is 0 Å². The van der Waals surface area contributed by atoms with E-state index in [0.29, 0.717) is 24.8 Å². The lowest BCUT2D eigenvalue weighted by Crippen LogP contribution is -2.32. The molecular weight excluding hydrogens is 368 g/mol. The van der Waals surface area contributed by atoms with Gasteiger partial charge in [0.2, 0.25) is 5.95 Å². The summed E-state index contributed by atoms with van der Waals surface area (Å²) in [6.07, 6.45) is 4.06. The second kappa shape index (κ2) is 8.55. The number of aliphatic hydroxyl groups excluding tert-OH is 1. The summed E-state index contributed by atoms with van der Waals surface area (Å²) < 4.78 is 7.73. The zero-order chi connectivity index (χ0) is 20.4. The molecule has 1 aromatic carbocycles. The smallest absolute Gasteiger partial charge is 0.227 e. The molecule has 3 heterocycles. The van der Waals surface area contributed by atoms with Crippen LogP contribution < -0.4 is 4.90 Å². The van der Waals surface area contributed by atoms with Gasteiger partial charge in [0.05, 0.1) is 12.6 Å². The van der Waals surface area contributed by atoms with Gasteiger partial charge >= 0.3 is 0 Å². The van der Waals surface area contributed by atoms with E-state index in [9.17, 15) is 10.2 Å². The molecule has 0 aliphatic carbocycles. The number of rotatable bonds is 6. The van der Waals surface area contributed by atoms with Gasteiger partial charge in [0.1, 0.15) is 11.9 Å². The van der Waals surface area contributed by atoms with E-state index in [1.807, 2.05) is 12.1 Å². The van der Waals surface area contributed by atoms with Gasteiger partial charge in [0, 0.05) is 19.7 Å². The van der Waals surface area contributed by atoms with Crippen LogP contribution >= 0.6 is 0 Å². The topological polar surface area (TPSA) is 83.6 Å². The van der Waals surface area contributed by atoms with E-state index in [0.717, 1.165) is 44.0 Å². The van der Waals surface area contributed by atoms with Gasteiger partial charge in [-0.15, -0.1) is 10.2 Å². The van der Waals surface area contributed by atoms with Crippen molar-refractivity contribution in [2.24, 2.45) is 5.92 Å². The largest absolute Gasteiger partial charge is 0.508 e. The minimum atomic E-state index is -0.621. The number of hydrogen-bond acceptors (Lipinski definition) is 6. The number of anilines is 1. The molecule has 2 aliphatic heterocycles. The van der Waals surface area contributed by atoms with Crippen molar-refractivity contribution in [3.63, 3.8) is 0 Å². The summed E-state index contributed by atoms with van der Waals surface area (Å²) in [5.74, 6) is 2.13. The molecule has 2 aromatic rings. The molecule has 1 saturated heterocycles. The molecule has 0 radical (unpaired) electrons. The first-order valence-corrected chi connectivity index (χ1v) is 10.5. The fraction of sp³-hybridized carbons (Fsp3) is 0.545. The van der Waals surface area contributed by atoms with Crippen LogP contribution in [-0.2, 0) is 4.74 Å². The molecule has 2 N–H and O–H groups in total. The van der Waals surface area contributed by atoms with E-state index < -0.39 is 6.10 Å². The molecule has 2 atom stereocenters. The Bertz CT molecular complexity index is 853. The number of aromatic hydroxyl groups is 1. The van der Waals surface area contributed by atoms with Gasteiger partial charge in [-0.25, -0.2) is 0 Å². The zero-order valence-corrected chi connectivity index (χ0v) is 17.2. The second-order valence-electron chi connectivity index (χ2n) is 8.36. The Morgan fingerprint density at radius 3 is 2.62 bits per heavy atom. The van der Waals surface area contributed by atoms with E-state index in [4.69, 9.17) is 4.74 Å². The van der Waals surface area contributed by atoms with Crippen LogP contribution in [-0.4, -0.2) is 51.3 Å². The van der Waals surface area contributed by atoms with E-state index in [2.05, 4.69) is 39.6 Å². The van der Waals surface area contributed by atoms with Crippen molar-refractivity contribution in [3.05, 3.63) is 41.7 Å². The lowest BCUT2D eigenvalue weighted by atomic mass is 9.99. The van der Waals surface area contributed by atoms with Crippen LogP contribution in [0.4, 0.5) is 5.95 Å². The molecule has 0 spiro atoms. The van der Waals surface area contributed by atoms with Gasteiger partial charge in [0.15, 0.2) is 5.82 Å². The molecule has 2 aliphatic rings. The molecule has 1 fully saturated rings. The van der Waals surface area contributed by atoms with Crippen LogP contribution in [0.3, 0.4) is 0 Å². The SMILES string of the molecule is CC(C)CC(O)c1nnc(N2CC=C(c3ccc(O)cc3)CC2)n1C1CCOC1. The number of aliphatic hydroxyl groups is 1. The predicted molar refractivity (Wildman–Crippen MR) is 112 cm³/mol. The first-order chi connectivity index (χ1) is 14.0. The van der Waals surface area contributed by atoms with Crippen molar-refractivity contribution in [3.8, 4) is 5.75 Å². The molecule has 7 nitrogen and oxygen atoms in total. The maximum absolute atomic E-state index is 10.7. The minimum Gasteiger partial charge on any atom is -0.508 e. The fourth-order valence-electron chi connectivity index (χ4n) is 4.15. The Morgan fingerprint density at radius 1 is 1.21 bits per heavy atom. The van der Waals surface area contributed by atoms with Crippen molar-refractivity contribution >= 4 is 11.5 Å². The first kappa shape index (κ1) is 19.9. The Hall–Kier alpha value is -2.38. The third-order valence-electron chi connectivity index (χ3n) is 5.70. The summed E-state index contributed by atoms with van der Waals surface area (Å²) in [6, 6.07) is 7.52. The summed E-state index contributed by atoms with van der Waals surface area (Å²) in [6.45, 7) is 7.14. The number of benzene rings is 1. The van der Waals surface area contributed by atoms with Crippen LogP contribution in [0.2, 0.25) is 0 Å². The van der Waals surface area contributed by atoms with E-state index in [-0.39, 0.29) is 11.8 Å². The number of hydrogen-bond donors (Lipinski definition) is 2. The highest BCUT2D eigenvalue weighted by molar-refractivity contribution is 5.68. The maximum atomic E-state index is 10.7. The number of phenolic OH excluding ortho intramolecular Hbond substituents is 1. The van der Waals surface area contributed by atoms with Gasteiger partial charge in [-0.1, -0.05) is 32.1 Å². The summed E-state index contributed by atoms with van der Waals surface area (Å²) >= 11 is 0. The monoisotopic (exact) mass is 398 g/mol. The van der Waals surface area contributed by atoms with Crippen LogP contribution in [0.5, 0.6) is 5.75 Å². The van der Waals surface area contributed by atoms with Gasteiger partial charge in [-0.05, 0) is 48.4 Å². The molecule has 1 aromatic heterocycles. The molecule has 0 saturated carbocycles. The Balaban J connectivity index is 1.58. The predicted octanol–water partition coefficient (Wildman–Crippen LogP) is 3.32. The molecule has 156 valence electrons. The Morgan fingerprint density at radius 2 is 2.00 bits per heavy atom. The van der Waals surface area contributed by atoms with Gasteiger partial charge in [-0.3, -0.25) is 4.57 Å². The van der Waals surface area contributed by atoms with Gasteiger partial charge in [-0.2, -0.15) is 0 Å². The molecule has 29 heavy (non-hydrogen) atoms. The third-order valence-corrected chi connectivity index (χ3v) is 5.70. The lowest BCUT2D eigenvalue weighted by molar-refractivity contribution is 0.132. The molecule has 0 amide bonds. The van der Waals surface area contributed by atoms with Crippen LogP contribution in [0, 0.1) is 5.92 Å². The molecule has 7 heteroatoms. The first-order valence-electron chi connectivity index (χ1n) is 10.5. The number of aromatic nitrogens is 3. The number of ether oxygens (including phenoxy) is 1. The second-order valence-corrected chi connectivity index (χ2v) is 8.36. The van der Waals surface area contributed by atoms with Crippen molar-refractivity contribution in [1.29, 1.82) is 0 Å². The van der Waals surface area contributed by atoms with Crippen LogP contribution in [0.15, 0.2) is 30.3 Å². The lowest BCUT2D eigenvalue weighted by Gasteiger charge is -2.29. The quantitative estimate of drug-likeness (QED) is 0.777. The number of phenols is 1. The summed E-state index contributed by atoms with van der Waals surface area (Å²) in [5.41, 5.74) is 2.41. The maximum Gasteiger partial charge on any atom is 0.227 e. The normalized spacial score (nSPS) is 20.9. The van der Waals surface area contributed by atoms with Crippen molar-refractivity contribution in [1.82, 2.24) is 14.8 Å². The Labute approximate surface area is 171 Å². The molecule has 2 unspecified atom stereocenters. The minimum absolute atomic E-state index is 0.166. The summed E-state index contributed by atoms with van der Waals surface area (Å²) in [4.78, 5) is 2.22. The number of nitrogens with zero attached hydrogens (tertiary/aromatic N) is 4. The highest BCUT2D eigenvalue weighted by Crippen LogP contribution is 2.33. The van der Waals surface area contributed by atoms with Crippen LogP contribution in [0.25, 0.3) is 5.57 Å². The standard InChI is InChI=1S/C22H30N4O3/c1-15(2)13-20(28)21-23-24-22(26(21)18-9-12-29-14-18)25-10-7-17(8-11-25)16-3-5-19(27)6-4-16/h3-7,15,18,20,27-28H,8-14H2,1-2H3. The van der Waals surface area contributed by atoms with Crippen molar-refractivity contribution in [2.75, 3.05) is 31.2 Å². The van der Waals surface area contributed by atoms with E-state index in [1.165, 1.54) is 5.57 Å². The van der Waals surface area contributed by atoms with Gasteiger partial charge < -0.3 is 19.8 Å². The Kier molecular flexibility index (Phi) is 5.87. The van der Waals surface area contributed by atoms with E-state index in [1.54, 1.807) is 12.1 Å². The zero-order valence-electron chi connectivity index (χ0n) is 17.2. The fourth-order valence-corrected chi connectivity index (χ4v) is 4.15. The third kappa shape index (κ3) is 4.31. The van der Waals surface area contributed by atoms with Crippen LogP contribution in [0.1, 0.15) is 56.6 Å². The highest BCUT2D eigenvalue weighted by atomic mass is 16.5. The molecule has 4 rings (SSSR count). The summed E-state index contributed by atoms with van der Waals surface area (Å²) in [7, 11) is 0. The molecular formula is C22H30N4O3. The van der Waals surface area contributed by atoms with Crippen molar-refractivity contribution < 1.29 is 14.9 Å². The highest BCUT2D eigenvalue weighted by Gasteiger charge is 2.30. The molecule has 0 bridgehead atoms.